The number of nitrogens with one attached hydrogen (secondary N) is 5. The second-order valence-electron chi connectivity index (χ2n) is 22.3. The van der Waals surface area contributed by atoms with Crippen molar-refractivity contribution in [3.63, 3.8) is 0 Å². The fraction of sp³-hybridized carbons (Fsp3) is 0.467. The number of methoxy groups -OCH3 is 2. The van der Waals surface area contributed by atoms with Crippen LogP contribution in [0.5, 0.6) is 0 Å². The van der Waals surface area contributed by atoms with E-state index in [2.05, 4.69) is 26.6 Å². The number of carbonyl (C=O) groups excluding carboxylic acids is 8. The number of ether oxygens (including phenoxy) is 2. The highest BCUT2D eigenvalue weighted by molar-refractivity contribution is 6.64. The monoisotopic (exact) mass is 1210 g/mol. The lowest BCUT2D eigenvalue weighted by Gasteiger charge is -2.30. The Hall–Kier alpha value is -5.75. The van der Waals surface area contributed by atoms with Crippen LogP contribution in [0.15, 0.2) is 84.9 Å². The van der Waals surface area contributed by atoms with Crippen molar-refractivity contribution in [1.29, 1.82) is 0 Å². The lowest BCUT2D eigenvalue weighted by molar-refractivity contribution is -0.147. The van der Waals surface area contributed by atoms with E-state index >= 15 is 0 Å². The first-order valence-electron chi connectivity index (χ1n) is 26.7. The second-order valence-corrected chi connectivity index (χ2v) is 24.3. The van der Waals surface area contributed by atoms with E-state index in [0.717, 1.165) is 49.7 Å². The predicted molar refractivity (Wildman–Crippen MR) is 320 cm³/mol. The standard InChI is InChI=1S/C30H37Cl2N3O5.C25H29Cl2N3O4.C5H9ClO/c1-29(2,3)27(38)33-17-16-30(14-5-6-15-30)28(39)35-23(26(37)40-4)18-19-10-12-20(13-11-19)34-25(36)24-21(31)8-7-9-22(24)32;1-34-23(32)20(30-24(33)25(13-14-28)11-2-3-12-25)15-16-7-9-17(10-8-16)29-22(31)21-18(26)5-4-6-19(21)27;1-5(2,3)4(6)7/h7-13,23H,5-6,14-18H2,1-4H3,(H,33,38)(H,34,36)(H,35,39);4-10,20H,2-3,11-15,28H2,1H3,(H,29,31)(H,30,33);1-3H3. The molecular weight excluding hydrogens is 1140 g/mol. The van der Waals surface area contributed by atoms with E-state index in [1.54, 1.807) is 106 Å². The molecule has 7 N–H and O–H groups in total. The van der Waals surface area contributed by atoms with Crippen LogP contribution in [-0.2, 0) is 51.1 Å². The van der Waals surface area contributed by atoms with Crippen LogP contribution in [0.2, 0.25) is 20.1 Å². The number of hydrogen-bond donors (Lipinski definition) is 6. The summed E-state index contributed by atoms with van der Waals surface area (Å²) in [5.41, 5.74) is 6.70. The van der Waals surface area contributed by atoms with Crippen LogP contribution < -0.4 is 32.3 Å². The first-order chi connectivity index (χ1) is 38.1. The van der Waals surface area contributed by atoms with E-state index in [1.807, 2.05) is 20.8 Å². The number of amides is 5. The molecule has 2 aliphatic carbocycles. The lowest BCUT2D eigenvalue weighted by Crippen LogP contribution is -2.50. The van der Waals surface area contributed by atoms with Gasteiger partial charge in [-0.1, -0.05) is 150 Å². The maximum atomic E-state index is 13.5. The number of esters is 2. The molecule has 21 heteroatoms. The Kier molecular flexibility index (Phi) is 26.0. The molecule has 81 heavy (non-hydrogen) atoms. The van der Waals surface area contributed by atoms with Crippen LogP contribution in [0.25, 0.3) is 0 Å². The zero-order chi connectivity index (χ0) is 60.3. The van der Waals surface area contributed by atoms with Gasteiger partial charge in [0.2, 0.25) is 23.0 Å². The van der Waals surface area contributed by atoms with Crippen molar-refractivity contribution in [1.82, 2.24) is 16.0 Å². The summed E-state index contributed by atoms with van der Waals surface area (Å²) in [6.07, 6.45) is 8.26. The van der Waals surface area contributed by atoms with Gasteiger partial charge in [-0.25, -0.2) is 9.59 Å². The highest BCUT2D eigenvalue weighted by Crippen LogP contribution is 2.42. The number of hydrogen-bond acceptors (Lipinski definition) is 11. The van der Waals surface area contributed by atoms with E-state index in [-0.39, 0.29) is 72.4 Å². The van der Waals surface area contributed by atoms with Gasteiger partial charge in [0.25, 0.3) is 11.8 Å². The van der Waals surface area contributed by atoms with E-state index in [0.29, 0.717) is 50.1 Å². The highest BCUT2D eigenvalue weighted by Gasteiger charge is 2.43. The smallest absolute Gasteiger partial charge is 0.328 e. The molecule has 2 aliphatic rings. The molecule has 6 rings (SSSR count). The quantitative estimate of drug-likeness (QED) is 0.0381. The average molecular weight is 1220 g/mol. The van der Waals surface area contributed by atoms with Gasteiger partial charge in [-0.2, -0.15) is 0 Å². The van der Waals surface area contributed by atoms with Crippen molar-refractivity contribution in [3.05, 3.63) is 127 Å². The van der Waals surface area contributed by atoms with Gasteiger partial charge < -0.3 is 41.8 Å². The third kappa shape index (κ3) is 20.0. The van der Waals surface area contributed by atoms with Crippen molar-refractivity contribution in [2.75, 3.05) is 37.9 Å². The van der Waals surface area contributed by atoms with Gasteiger partial charge >= 0.3 is 11.9 Å². The fourth-order valence-electron chi connectivity index (χ4n) is 9.27. The summed E-state index contributed by atoms with van der Waals surface area (Å²) < 4.78 is 9.91. The lowest BCUT2D eigenvalue weighted by atomic mass is 9.81. The molecule has 0 saturated heterocycles. The normalized spacial score (nSPS) is 14.9. The fourth-order valence-corrected chi connectivity index (χ4v) is 10.4. The number of benzene rings is 4. The molecule has 2 saturated carbocycles. The van der Waals surface area contributed by atoms with Crippen LogP contribution in [0.4, 0.5) is 11.4 Å². The van der Waals surface area contributed by atoms with Crippen LogP contribution in [0, 0.1) is 21.7 Å². The SMILES string of the molecule is CC(C)(C)C(=O)Cl.COC(=O)C(Cc1ccc(NC(=O)c2c(Cl)cccc2Cl)cc1)NC(=O)C1(CCN)CCCC1.COC(=O)C(Cc1ccc(NC(=O)c2c(Cl)cccc2Cl)cc1)NC(=O)C1(CCNC(=O)C(C)(C)C)CCCC1. The van der Waals surface area contributed by atoms with Gasteiger partial charge in [-0.3, -0.25) is 28.8 Å². The molecule has 2 unspecified atom stereocenters. The van der Waals surface area contributed by atoms with Crippen molar-refractivity contribution in [3.8, 4) is 0 Å². The molecule has 5 amide bonds. The second kappa shape index (κ2) is 31.1. The van der Waals surface area contributed by atoms with Crippen molar-refractivity contribution >= 4 is 116 Å². The van der Waals surface area contributed by atoms with Crippen LogP contribution in [0.1, 0.15) is 138 Å². The topological polar surface area (TPSA) is 241 Å². The summed E-state index contributed by atoms with van der Waals surface area (Å²) in [4.78, 5) is 99.5. The molecule has 0 bridgehead atoms. The molecular formula is C60H75Cl5N6O10. The molecule has 0 radical (unpaired) electrons. The summed E-state index contributed by atoms with van der Waals surface area (Å²) in [5, 5.41) is 15.0. The van der Waals surface area contributed by atoms with Gasteiger partial charge in [0, 0.05) is 41.6 Å². The maximum Gasteiger partial charge on any atom is 0.328 e. The number of halogens is 5. The zero-order valence-electron chi connectivity index (χ0n) is 47.2. The summed E-state index contributed by atoms with van der Waals surface area (Å²) in [5.74, 6) is -2.35. The third-order valence-electron chi connectivity index (χ3n) is 14.1. The van der Waals surface area contributed by atoms with Crippen LogP contribution in [0.3, 0.4) is 0 Å². The molecule has 4 aromatic carbocycles. The van der Waals surface area contributed by atoms with E-state index in [9.17, 15) is 38.4 Å². The van der Waals surface area contributed by atoms with Gasteiger partial charge in [0.15, 0.2) is 0 Å². The van der Waals surface area contributed by atoms with Crippen molar-refractivity contribution < 1.29 is 47.8 Å². The molecule has 0 aliphatic heterocycles. The minimum absolute atomic E-state index is 0.0666. The summed E-state index contributed by atoms with van der Waals surface area (Å²) >= 11 is 29.6. The van der Waals surface area contributed by atoms with Gasteiger partial charge in [-0.15, -0.1) is 0 Å². The Morgan fingerprint density at radius 2 is 0.877 bits per heavy atom. The number of carbonyl (C=O) groups is 8. The van der Waals surface area contributed by atoms with Gasteiger partial charge in [0.1, 0.15) is 12.1 Å². The van der Waals surface area contributed by atoms with E-state index in [4.69, 9.17) is 73.2 Å². The van der Waals surface area contributed by atoms with Crippen molar-refractivity contribution in [2.45, 2.75) is 131 Å². The Morgan fingerprint density at radius 3 is 1.17 bits per heavy atom. The van der Waals surface area contributed by atoms with Crippen LogP contribution >= 0.6 is 58.0 Å². The minimum Gasteiger partial charge on any atom is -0.467 e. The molecule has 0 aromatic heterocycles. The Balaban J connectivity index is 0.000000314. The Labute approximate surface area is 500 Å². The van der Waals surface area contributed by atoms with Crippen LogP contribution in [-0.4, -0.2) is 86.1 Å². The first-order valence-corrected chi connectivity index (χ1v) is 28.6. The summed E-state index contributed by atoms with van der Waals surface area (Å²) in [7, 11) is 2.58. The summed E-state index contributed by atoms with van der Waals surface area (Å²) in [6.45, 7) is 11.7. The third-order valence-corrected chi connectivity index (χ3v) is 16.0. The average Bonchev–Trinajstić information content (AvgIpc) is 4.18. The summed E-state index contributed by atoms with van der Waals surface area (Å²) in [6, 6.07) is 21.9. The first kappa shape index (κ1) is 67.8. The minimum atomic E-state index is -0.887. The number of nitrogens with two attached hydrogens (primary N) is 1. The van der Waals surface area contributed by atoms with E-state index < -0.39 is 52.1 Å². The Morgan fingerprint density at radius 1 is 0.543 bits per heavy atom. The highest BCUT2D eigenvalue weighted by atomic mass is 35.5. The molecule has 4 aromatic rings. The molecule has 0 spiro atoms. The predicted octanol–water partition coefficient (Wildman–Crippen LogP) is 11.7. The molecule has 2 atom stereocenters. The number of anilines is 2. The Bertz CT molecular complexity index is 2800. The van der Waals surface area contributed by atoms with E-state index in [1.165, 1.54) is 14.2 Å². The largest absolute Gasteiger partial charge is 0.467 e. The molecule has 2 fully saturated rings. The molecule has 440 valence electrons. The van der Waals surface area contributed by atoms with Crippen molar-refractivity contribution in [2.24, 2.45) is 27.4 Å². The molecule has 16 nitrogen and oxygen atoms in total. The molecule has 0 heterocycles. The van der Waals surface area contributed by atoms with Gasteiger partial charge in [-0.05, 0) is 116 Å². The maximum absolute atomic E-state index is 13.5. The van der Waals surface area contributed by atoms with Gasteiger partial charge in [0.05, 0.1) is 56.3 Å². The zero-order valence-corrected chi connectivity index (χ0v) is 51.0. The number of rotatable bonds is 19.